The Balaban J connectivity index is 2.41. The lowest BCUT2D eigenvalue weighted by molar-refractivity contribution is 0.229. The zero-order valence-electron chi connectivity index (χ0n) is 9.95. The van der Waals surface area contributed by atoms with Gasteiger partial charge in [-0.15, -0.1) is 0 Å². The fourth-order valence-electron chi connectivity index (χ4n) is 2.02. The predicted octanol–water partition coefficient (Wildman–Crippen LogP) is 1.76. The van der Waals surface area contributed by atoms with Crippen molar-refractivity contribution in [2.75, 3.05) is 30.8 Å². The van der Waals surface area contributed by atoms with Crippen LogP contribution in [-0.4, -0.2) is 31.1 Å². The van der Waals surface area contributed by atoms with Crippen molar-refractivity contribution in [3.8, 4) is 0 Å². The van der Waals surface area contributed by atoms with Gasteiger partial charge in [-0.1, -0.05) is 6.07 Å². The lowest BCUT2D eigenvalue weighted by Crippen LogP contribution is -2.29. The summed E-state index contributed by atoms with van der Waals surface area (Å²) in [5.74, 6) is 0. The molecule has 4 nitrogen and oxygen atoms in total. The van der Waals surface area contributed by atoms with Gasteiger partial charge in [-0.3, -0.25) is 4.90 Å². The van der Waals surface area contributed by atoms with E-state index in [1.165, 1.54) is 0 Å². The number of rotatable bonds is 1. The third-order valence-corrected chi connectivity index (χ3v) is 3.09. The number of nitrogens with zero attached hydrogens (tertiary/aromatic N) is 2. The summed E-state index contributed by atoms with van der Waals surface area (Å²) in [7, 11) is 1.81. The van der Waals surface area contributed by atoms with E-state index in [1.54, 1.807) is 9.80 Å². The molecule has 0 bridgehead atoms. The molecule has 16 heavy (non-hydrogen) atoms. The minimum absolute atomic E-state index is 0.0475. The molecule has 1 heterocycles. The average molecular weight is 219 g/mol. The van der Waals surface area contributed by atoms with E-state index < -0.39 is 0 Å². The number of nitrogens with two attached hydrogens (primary N) is 1. The maximum Gasteiger partial charge on any atom is 0.324 e. The standard InChI is InChI=1S/C12H17N3O/c1-8-6-9(2)11(7-10(8)13)15-5-4-14(3)12(15)16/h6-7H,4-5,13H2,1-3H3. The highest BCUT2D eigenvalue weighted by atomic mass is 16.2. The van der Waals surface area contributed by atoms with E-state index >= 15 is 0 Å². The first-order chi connectivity index (χ1) is 7.50. The Bertz CT molecular complexity index is 442. The van der Waals surface area contributed by atoms with Gasteiger partial charge < -0.3 is 10.6 Å². The van der Waals surface area contributed by atoms with E-state index in [1.807, 2.05) is 33.0 Å². The normalized spacial score (nSPS) is 16.1. The topological polar surface area (TPSA) is 49.6 Å². The number of hydrogen-bond acceptors (Lipinski definition) is 2. The summed E-state index contributed by atoms with van der Waals surface area (Å²) in [5, 5.41) is 0. The summed E-state index contributed by atoms with van der Waals surface area (Å²) in [5.41, 5.74) is 9.70. The van der Waals surface area contributed by atoms with Crippen molar-refractivity contribution in [2.24, 2.45) is 0 Å². The highest BCUT2D eigenvalue weighted by Crippen LogP contribution is 2.28. The maximum atomic E-state index is 11.9. The van der Waals surface area contributed by atoms with Gasteiger partial charge in [0.2, 0.25) is 0 Å². The second-order valence-electron chi connectivity index (χ2n) is 4.35. The van der Waals surface area contributed by atoms with Crippen LogP contribution in [0.5, 0.6) is 0 Å². The average Bonchev–Trinajstić information content (AvgIpc) is 2.54. The van der Waals surface area contributed by atoms with Crippen molar-refractivity contribution >= 4 is 17.4 Å². The van der Waals surface area contributed by atoms with Crippen LogP contribution in [-0.2, 0) is 0 Å². The van der Waals surface area contributed by atoms with Crippen LogP contribution in [0.15, 0.2) is 12.1 Å². The number of aryl methyl sites for hydroxylation is 2. The van der Waals surface area contributed by atoms with Crippen LogP contribution in [0, 0.1) is 13.8 Å². The maximum absolute atomic E-state index is 11.9. The summed E-state index contributed by atoms with van der Waals surface area (Å²) in [6.45, 7) is 5.49. The Morgan fingerprint density at radius 2 is 1.88 bits per heavy atom. The zero-order chi connectivity index (χ0) is 11.9. The number of benzene rings is 1. The van der Waals surface area contributed by atoms with Gasteiger partial charge in [0.05, 0.1) is 5.69 Å². The summed E-state index contributed by atoms with van der Waals surface area (Å²) >= 11 is 0. The van der Waals surface area contributed by atoms with Crippen LogP contribution < -0.4 is 10.6 Å². The molecule has 0 atom stereocenters. The van der Waals surface area contributed by atoms with Gasteiger partial charge in [0.25, 0.3) is 0 Å². The van der Waals surface area contributed by atoms with Crippen molar-refractivity contribution in [1.82, 2.24) is 4.90 Å². The van der Waals surface area contributed by atoms with Crippen molar-refractivity contribution in [3.05, 3.63) is 23.3 Å². The molecule has 1 fully saturated rings. The molecule has 4 heteroatoms. The molecule has 0 saturated carbocycles. The second kappa shape index (κ2) is 3.70. The van der Waals surface area contributed by atoms with Gasteiger partial charge in [-0.25, -0.2) is 4.79 Å². The Hall–Kier alpha value is -1.71. The van der Waals surface area contributed by atoms with Gasteiger partial charge >= 0.3 is 6.03 Å². The number of hydrogen-bond donors (Lipinski definition) is 1. The number of nitrogen functional groups attached to an aromatic ring is 1. The first-order valence-corrected chi connectivity index (χ1v) is 5.40. The van der Waals surface area contributed by atoms with Crippen LogP contribution in [0.1, 0.15) is 11.1 Å². The number of likely N-dealkylation sites (N-methyl/N-ethyl adjacent to an activating group) is 1. The minimum Gasteiger partial charge on any atom is -0.398 e. The molecule has 2 amide bonds. The smallest absolute Gasteiger partial charge is 0.324 e. The highest BCUT2D eigenvalue weighted by molar-refractivity contribution is 5.95. The fourth-order valence-corrected chi connectivity index (χ4v) is 2.02. The molecule has 0 aromatic heterocycles. The van der Waals surface area contributed by atoms with Crippen LogP contribution in [0.4, 0.5) is 16.2 Å². The predicted molar refractivity (Wildman–Crippen MR) is 65.7 cm³/mol. The largest absolute Gasteiger partial charge is 0.398 e. The van der Waals surface area contributed by atoms with Crippen molar-refractivity contribution in [2.45, 2.75) is 13.8 Å². The molecule has 0 unspecified atom stereocenters. The Kier molecular flexibility index (Phi) is 2.50. The molecule has 0 aliphatic carbocycles. The molecule has 0 spiro atoms. The monoisotopic (exact) mass is 219 g/mol. The summed E-state index contributed by atoms with van der Waals surface area (Å²) in [4.78, 5) is 15.4. The van der Waals surface area contributed by atoms with Crippen LogP contribution >= 0.6 is 0 Å². The van der Waals surface area contributed by atoms with Crippen molar-refractivity contribution in [3.63, 3.8) is 0 Å². The van der Waals surface area contributed by atoms with E-state index in [2.05, 4.69) is 0 Å². The van der Waals surface area contributed by atoms with Gasteiger partial charge in [-0.2, -0.15) is 0 Å². The third kappa shape index (κ3) is 1.60. The van der Waals surface area contributed by atoms with E-state index in [0.29, 0.717) is 0 Å². The Morgan fingerprint density at radius 3 is 2.44 bits per heavy atom. The number of carbonyl (C=O) groups excluding carboxylic acids is 1. The number of carbonyl (C=O) groups is 1. The van der Waals surface area contributed by atoms with Gasteiger partial charge in [0.1, 0.15) is 0 Å². The van der Waals surface area contributed by atoms with E-state index in [4.69, 9.17) is 5.73 Å². The molecule has 1 aromatic carbocycles. The van der Waals surface area contributed by atoms with Crippen molar-refractivity contribution < 1.29 is 4.79 Å². The second-order valence-corrected chi connectivity index (χ2v) is 4.35. The third-order valence-electron chi connectivity index (χ3n) is 3.09. The molecule has 86 valence electrons. The number of urea groups is 1. The minimum atomic E-state index is 0.0475. The first kappa shape index (κ1) is 10.8. The molecular weight excluding hydrogens is 202 g/mol. The van der Waals surface area contributed by atoms with Crippen LogP contribution in [0.25, 0.3) is 0 Å². The Morgan fingerprint density at radius 1 is 1.19 bits per heavy atom. The molecular formula is C12H17N3O. The molecule has 2 rings (SSSR count). The SMILES string of the molecule is Cc1cc(C)c(N2CCN(C)C2=O)cc1N. The summed E-state index contributed by atoms with van der Waals surface area (Å²) in [6, 6.07) is 3.96. The van der Waals surface area contributed by atoms with Gasteiger partial charge in [-0.05, 0) is 31.0 Å². The summed E-state index contributed by atoms with van der Waals surface area (Å²) < 4.78 is 0. The molecule has 0 radical (unpaired) electrons. The summed E-state index contributed by atoms with van der Waals surface area (Å²) in [6.07, 6.45) is 0. The molecule has 1 aliphatic rings. The van der Waals surface area contributed by atoms with Crippen molar-refractivity contribution in [1.29, 1.82) is 0 Å². The number of amides is 2. The first-order valence-electron chi connectivity index (χ1n) is 5.40. The highest BCUT2D eigenvalue weighted by Gasteiger charge is 2.27. The Labute approximate surface area is 95.6 Å². The zero-order valence-corrected chi connectivity index (χ0v) is 9.95. The fraction of sp³-hybridized carbons (Fsp3) is 0.417. The van der Waals surface area contributed by atoms with E-state index in [0.717, 1.165) is 35.6 Å². The lowest BCUT2D eigenvalue weighted by atomic mass is 10.1. The van der Waals surface area contributed by atoms with Gasteiger partial charge in [0.15, 0.2) is 0 Å². The van der Waals surface area contributed by atoms with Crippen LogP contribution in [0.2, 0.25) is 0 Å². The number of anilines is 2. The quantitative estimate of drug-likeness (QED) is 0.732. The molecule has 2 N–H and O–H groups in total. The lowest BCUT2D eigenvalue weighted by Gasteiger charge is -2.19. The van der Waals surface area contributed by atoms with E-state index in [-0.39, 0.29) is 6.03 Å². The molecule has 1 saturated heterocycles. The van der Waals surface area contributed by atoms with Gasteiger partial charge in [0, 0.05) is 25.8 Å². The molecule has 1 aromatic rings. The van der Waals surface area contributed by atoms with Crippen LogP contribution in [0.3, 0.4) is 0 Å². The molecule has 1 aliphatic heterocycles. The van der Waals surface area contributed by atoms with E-state index in [9.17, 15) is 4.79 Å².